The average molecular weight is 305 g/mol. The van der Waals surface area contributed by atoms with E-state index >= 15 is 0 Å². The molecule has 118 valence electrons. The summed E-state index contributed by atoms with van der Waals surface area (Å²) in [6.07, 6.45) is 6.34. The zero-order valence-electron chi connectivity index (χ0n) is 12.9. The second-order valence-electron chi connectivity index (χ2n) is 6.02. The highest BCUT2D eigenvalue weighted by molar-refractivity contribution is 5.85. The van der Waals surface area contributed by atoms with Crippen molar-refractivity contribution in [3.63, 3.8) is 0 Å². The van der Waals surface area contributed by atoms with Crippen LogP contribution in [0.25, 0.3) is 0 Å². The van der Waals surface area contributed by atoms with Gasteiger partial charge in [0.1, 0.15) is 0 Å². The fourth-order valence-electron chi connectivity index (χ4n) is 3.89. The number of nitrogens with one attached hydrogen (secondary N) is 2. The van der Waals surface area contributed by atoms with Crippen molar-refractivity contribution in [1.82, 2.24) is 10.6 Å². The minimum Gasteiger partial charge on any atom is -0.381 e. The molecule has 2 rings (SSSR count). The Morgan fingerprint density at radius 3 is 2.60 bits per heavy atom. The predicted molar refractivity (Wildman–Crippen MR) is 83.2 cm³/mol. The van der Waals surface area contributed by atoms with E-state index in [1.807, 2.05) is 0 Å². The quantitative estimate of drug-likeness (QED) is 0.791. The second-order valence-corrected chi connectivity index (χ2v) is 6.02. The maximum absolute atomic E-state index is 12.1. The Morgan fingerprint density at radius 1 is 1.40 bits per heavy atom. The molecular formula is C15H29ClN2O2. The van der Waals surface area contributed by atoms with Crippen LogP contribution in [0.4, 0.5) is 0 Å². The van der Waals surface area contributed by atoms with Crippen LogP contribution in [0.1, 0.15) is 52.4 Å². The Labute approximate surface area is 128 Å². The Bertz CT molecular complexity index is 315. The van der Waals surface area contributed by atoms with Crippen LogP contribution in [-0.2, 0) is 9.53 Å². The largest absolute Gasteiger partial charge is 0.381 e. The second kappa shape index (κ2) is 7.62. The lowest BCUT2D eigenvalue weighted by Gasteiger charge is -2.55. The molecule has 1 saturated carbocycles. The molecule has 1 amide bonds. The minimum absolute atomic E-state index is 0. The van der Waals surface area contributed by atoms with Crippen molar-refractivity contribution in [2.45, 2.75) is 70.6 Å². The molecule has 0 spiro atoms. The first-order valence-corrected chi connectivity index (χ1v) is 7.71. The number of ether oxygens (including phenoxy) is 1. The topological polar surface area (TPSA) is 50.4 Å². The van der Waals surface area contributed by atoms with Crippen LogP contribution in [0, 0.1) is 5.41 Å². The van der Waals surface area contributed by atoms with Gasteiger partial charge < -0.3 is 15.4 Å². The van der Waals surface area contributed by atoms with Crippen molar-refractivity contribution in [2.24, 2.45) is 5.41 Å². The van der Waals surface area contributed by atoms with Gasteiger partial charge in [-0.3, -0.25) is 4.79 Å². The van der Waals surface area contributed by atoms with E-state index in [2.05, 4.69) is 24.5 Å². The van der Waals surface area contributed by atoms with Crippen LogP contribution in [0.15, 0.2) is 0 Å². The van der Waals surface area contributed by atoms with Crippen molar-refractivity contribution in [2.75, 3.05) is 13.7 Å². The third-order valence-electron chi connectivity index (χ3n) is 5.32. The number of methoxy groups -OCH3 is 1. The van der Waals surface area contributed by atoms with Gasteiger partial charge in [-0.1, -0.05) is 13.8 Å². The molecule has 20 heavy (non-hydrogen) atoms. The summed E-state index contributed by atoms with van der Waals surface area (Å²) >= 11 is 0. The molecule has 1 aliphatic heterocycles. The molecule has 3 atom stereocenters. The summed E-state index contributed by atoms with van der Waals surface area (Å²) in [4.78, 5) is 12.1. The zero-order chi connectivity index (χ0) is 13.9. The van der Waals surface area contributed by atoms with Crippen LogP contribution >= 0.6 is 12.4 Å². The molecule has 0 aromatic rings. The molecule has 1 heterocycles. The summed E-state index contributed by atoms with van der Waals surface area (Å²) in [6, 6.07) is 0.678. The Balaban J connectivity index is 0.00000200. The van der Waals surface area contributed by atoms with Gasteiger partial charge in [0.2, 0.25) is 5.91 Å². The van der Waals surface area contributed by atoms with Crippen molar-refractivity contribution in [1.29, 1.82) is 0 Å². The number of hydrogen-bond acceptors (Lipinski definition) is 3. The standard InChI is InChI=1S/C15H28N2O2.ClH/c1-4-15(5-2)12(10-13(15)19-3)17-14(18)9-11-7-6-8-16-11;/h11-13,16H,4-10H2,1-3H3,(H,17,18);1H. The molecule has 2 fully saturated rings. The normalized spacial score (nSPS) is 31.2. The first-order valence-electron chi connectivity index (χ1n) is 7.71. The molecule has 1 aliphatic carbocycles. The third-order valence-corrected chi connectivity index (χ3v) is 5.32. The van der Waals surface area contributed by atoms with E-state index in [1.165, 1.54) is 6.42 Å². The highest BCUT2D eigenvalue weighted by atomic mass is 35.5. The third kappa shape index (κ3) is 3.29. The summed E-state index contributed by atoms with van der Waals surface area (Å²) in [7, 11) is 1.78. The average Bonchev–Trinajstić information content (AvgIpc) is 2.88. The van der Waals surface area contributed by atoms with Gasteiger partial charge in [-0.05, 0) is 38.6 Å². The molecular weight excluding hydrogens is 276 g/mol. The minimum atomic E-state index is 0. The smallest absolute Gasteiger partial charge is 0.221 e. The molecule has 3 unspecified atom stereocenters. The van der Waals surface area contributed by atoms with Crippen LogP contribution in [0.5, 0.6) is 0 Å². The zero-order valence-corrected chi connectivity index (χ0v) is 13.7. The lowest BCUT2D eigenvalue weighted by molar-refractivity contribution is -0.141. The van der Waals surface area contributed by atoms with Gasteiger partial charge >= 0.3 is 0 Å². The summed E-state index contributed by atoms with van der Waals surface area (Å²) in [6.45, 7) is 5.46. The highest BCUT2D eigenvalue weighted by Gasteiger charge is 2.53. The number of rotatable bonds is 6. The number of carbonyl (C=O) groups is 1. The van der Waals surface area contributed by atoms with Gasteiger partial charge in [0.15, 0.2) is 0 Å². The molecule has 0 aromatic carbocycles. The molecule has 5 heteroatoms. The van der Waals surface area contributed by atoms with E-state index in [0.717, 1.165) is 32.2 Å². The molecule has 2 aliphatic rings. The molecule has 0 bridgehead atoms. The summed E-state index contributed by atoms with van der Waals surface area (Å²) < 4.78 is 5.57. The van der Waals surface area contributed by atoms with E-state index < -0.39 is 0 Å². The first-order chi connectivity index (χ1) is 9.16. The summed E-state index contributed by atoms with van der Waals surface area (Å²) in [5, 5.41) is 6.62. The SMILES string of the molecule is CCC1(CC)C(NC(=O)CC2CCCN2)CC1OC.Cl. The summed E-state index contributed by atoms with van der Waals surface area (Å²) in [5.41, 5.74) is 0.146. The van der Waals surface area contributed by atoms with Crippen molar-refractivity contribution >= 4 is 18.3 Å². The van der Waals surface area contributed by atoms with Gasteiger partial charge in [-0.25, -0.2) is 0 Å². The Kier molecular flexibility index (Phi) is 6.76. The van der Waals surface area contributed by atoms with Crippen LogP contribution in [-0.4, -0.2) is 37.7 Å². The van der Waals surface area contributed by atoms with E-state index in [1.54, 1.807) is 7.11 Å². The predicted octanol–water partition coefficient (Wildman–Crippen LogP) is 2.26. The Hall–Kier alpha value is -0.320. The fourth-order valence-corrected chi connectivity index (χ4v) is 3.89. The van der Waals surface area contributed by atoms with Gasteiger partial charge in [0.25, 0.3) is 0 Å². The van der Waals surface area contributed by atoms with E-state index in [9.17, 15) is 4.79 Å². The fraction of sp³-hybridized carbons (Fsp3) is 0.933. The van der Waals surface area contributed by atoms with Gasteiger partial charge in [-0.2, -0.15) is 0 Å². The van der Waals surface area contributed by atoms with Crippen LogP contribution in [0.2, 0.25) is 0 Å². The monoisotopic (exact) mass is 304 g/mol. The van der Waals surface area contributed by atoms with Crippen molar-refractivity contribution in [3.05, 3.63) is 0 Å². The lowest BCUT2D eigenvalue weighted by Crippen LogP contribution is -2.64. The van der Waals surface area contributed by atoms with Gasteiger partial charge in [0.05, 0.1) is 6.10 Å². The van der Waals surface area contributed by atoms with Crippen molar-refractivity contribution < 1.29 is 9.53 Å². The Morgan fingerprint density at radius 2 is 2.10 bits per heavy atom. The number of amides is 1. The first kappa shape index (κ1) is 17.7. The van der Waals surface area contributed by atoms with E-state index in [-0.39, 0.29) is 23.7 Å². The number of halogens is 1. The van der Waals surface area contributed by atoms with E-state index in [4.69, 9.17) is 4.74 Å². The van der Waals surface area contributed by atoms with Gasteiger partial charge in [-0.15, -0.1) is 12.4 Å². The van der Waals surface area contributed by atoms with Crippen molar-refractivity contribution in [3.8, 4) is 0 Å². The summed E-state index contributed by atoms with van der Waals surface area (Å²) in [5.74, 6) is 0.199. The maximum Gasteiger partial charge on any atom is 0.221 e. The molecule has 1 saturated heterocycles. The molecule has 2 N–H and O–H groups in total. The number of hydrogen-bond donors (Lipinski definition) is 2. The number of carbonyl (C=O) groups excluding carboxylic acids is 1. The van der Waals surface area contributed by atoms with Gasteiger partial charge in [0, 0.05) is 31.0 Å². The van der Waals surface area contributed by atoms with E-state index in [0.29, 0.717) is 24.6 Å². The molecule has 0 radical (unpaired) electrons. The maximum atomic E-state index is 12.1. The molecule has 4 nitrogen and oxygen atoms in total. The highest BCUT2D eigenvalue weighted by Crippen LogP contribution is 2.48. The lowest BCUT2D eigenvalue weighted by atomic mass is 9.58. The van der Waals surface area contributed by atoms with Crippen LogP contribution < -0.4 is 10.6 Å². The molecule has 0 aromatic heterocycles. The van der Waals surface area contributed by atoms with Crippen LogP contribution in [0.3, 0.4) is 0 Å².